The highest BCUT2D eigenvalue weighted by Crippen LogP contribution is 2.38. The van der Waals surface area contributed by atoms with Crippen molar-refractivity contribution in [3.8, 4) is 28.5 Å². The molecule has 1 aliphatic rings. The van der Waals surface area contributed by atoms with Crippen molar-refractivity contribution in [3.05, 3.63) is 84.1 Å². The fourth-order valence-corrected chi connectivity index (χ4v) is 4.44. The highest BCUT2D eigenvalue weighted by atomic mass is 79.9. The number of nitrogens with one attached hydrogen (secondary N) is 1. The normalized spacial score (nSPS) is 12.2. The summed E-state index contributed by atoms with van der Waals surface area (Å²) in [5.74, 6) is 2.41. The Kier molecular flexibility index (Phi) is 5.46. The van der Waals surface area contributed by atoms with Gasteiger partial charge < -0.3 is 36.2 Å². The number of aromatic amines is 1. The minimum absolute atomic E-state index is 0. The molecule has 0 aliphatic carbocycles. The fraction of sp³-hybridized carbons (Fsp3) is 0.148. The zero-order valence-corrected chi connectivity index (χ0v) is 20.0. The van der Waals surface area contributed by atoms with Crippen LogP contribution in [0.15, 0.2) is 72.9 Å². The molecule has 0 bridgehead atoms. The average Bonchev–Trinajstić information content (AvgIpc) is 3.43. The molecule has 0 atom stereocenters. The van der Waals surface area contributed by atoms with Crippen LogP contribution in [0.2, 0.25) is 0 Å². The number of pyridine rings is 1. The van der Waals surface area contributed by atoms with Crippen molar-refractivity contribution in [2.45, 2.75) is 13.5 Å². The second-order valence-electron chi connectivity index (χ2n) is 8.17. The maximum Gasteiger partial charge on any atom is 0.237 e. The Hall–Kier alpha value is -3.51. The van der Waals surface area contributed by atoms with E-state index in [-0.39, 0.29) is 23.8 Å². The third-order valence-corrected chi connectivity index (χ3v) is 6.11. The number of methoxy groups -OCH3 is 1. The summed E-state index contributed by atoms with van der Waals surface area (Å²) >= 11 is 0. The van der Waals surface area contributed by atoms with Crippen LogP contribution in [0.25, 0.3) is 33.1 Å². The summed E-state index contributed by atoms with van der Waals surface area (Å²) < 4.78 is 19.0. The summed E-state index contributed by atoms with van der Waals surface area (Å²) in [5.41, 5.74) is 6.86. The first-order valence-corrected chi connectivity index (χ1v) is 10.7. The number of ether oxygens (including phenoxy) is 3. The molecular formula is C27H23BrN2O3. The van der Waals surface area contributed by atoms with Gasteiger partial charge >= 0.3 is 0 Å². The number of halogens is 1. The lowest BCUT2D eigenvalue weighted by atomic mass is 10.1. The predicted octanol–water partition coefficient (Wildman–Crippen LogP) is 2.37. The van der Waals surface area contributed by atoms with Gasteiger partial charge in [0.2, 0.25) is 12.5 Å². The molecule has 0 unspecified atom stereocenters. The topological polar surface area (TPSA) is 47.4 Å². The molecule has 2 aromatic heterocycles. The Labute approximate surface area is 202 Å². The Morgan fingerprint density at radius 1 is 0.909 bits per heavy atom. The molecule has 0 saturated heterocycles. The lowest BCUT2D eigenvalue weighted by Crippen LogP contribution is -3.00. The minimum Gasteiger partial charge on any atom is -1.00 e. The van der Waals surface area contributed by atoms with Crippen molar-refractivity contribution in [1.82, 2.24) is 4.98 Å². The van der Waals surface area contributed by atoms with Gasteiger partial charge in [0.15, 0.2) is 24.2 Å². The smallest absolute Gasteiger partial charge is 0.237 e. The summed E-state index contributed by atoms with van der Waals surface area (Å²) in [6, 6.07) is 23.2. The van der Waals surface area contributed by atoms with Gasteiger partial charge in [-0.3, -0.25) is 0 Å². The second-order valence-corrected chi connectivity index (χ2v) is 8.17. The first-order valence-electron chi connectivity index (χ1n) is 10.7. The molecule has 1 aliphatic heterocycles. The maximum absolute atomic E-state index is 5.67. The van der Waals surface area contributed by atoms with E-state index in [0.717, 1.165) is 56.9 Å². The molecule has 6 rings (SSSR count). The Morgan fingerprint density at radius 2 is 1.73 bits per heavy atom. The number of hydrogen-bond donors (Lipinski definition) is 1. The average molecular weight is 503 g/mol. The highest BCUT2D eigenvalue weighted by Gasteiger charge is 2.24. The van der Waals surface area contributed by atoms with E-state index in [1.807, 2.05) is 12.1 Å². The lowest BCUT2D eigenvalue weighted by molar-refractivity contribution is -0.676. The standard InChI is InChI=1S/C27H22N2O3.BrH/c1-17-3-5-18(6-4-17)15-29-12-11-21-22-14-20(30-2)8-9-23(22)28-26(21)27(29)19-7-10-24-25(13-19)32-16-31-24;/h3-14H,15-16H2,1-2H3;1H. The Morgan fingerprint density at radius 3 is 2.55 bits per heavy atom. The van der Waals surface area contributed by atoms with Gasteiger partial charge in [0, 0.05) is 27.9 Å². The number of nitrogens with zero attached hydrogens (tertiary/aromatic N) is 1. The van der Waals surface area contributed by atoms with Crippen LogP contribution in [0.1, 0.15) is 11.1 Å². The molecule has 0 amide bonds. The molecule has 6 heteroatoms. The van der Waals surface area contributed by atoms with Crippen LogP contribution in [0.5, 0.6) is 17.2 Å². The lowest BCUT2D eigenvalue weighted by Gasteiger charge is -2.08. The van der Waals surface area contributed by atoms with Crippen LogP contribution >= 0.6 is 0 Å². The molecule has 166 valence electrons. The van der Waals surface area contributed by atoms with Crippen LogP contribution in [0, 0.1) is 6.92 Å². The molecule has 0 radical (unpaired) electrons. The van der Waals surface area contributed by atoms with Crippen LogP contribution in [-0.2, 0) is 6.54 Å². The first-order chi connectivity index (χ1) is 15.7. The molecule has 3 aromatic carbocycles. The van der Waals surface area contributed by atoms with E-state index in [1.165, 1.54) is 11.1 Å². The van der Waals surface area contributed by atoms with E-state index in [4.69, 9.17) is 14.2 Å². The van der Waals surface area contributed by atoms with Crippen molar-refractivity contribution >= 4 is 21.8 Å². The molecule has 1 N–H and O–H groups in total. The highest BCUT2D eigenvalue weighted by molar-refractivity contribution is 6.10. The quantitative estimate of drug-likeness (QED) is 0.384. The van der Waals surface area contributed by atoms with E-state index in [0.29, 0.717) is 0 Å². The van der Waals surface area contributed by atoms with Gasteiger partial charge in [-0.1, -0.05) is 29.8 Å². The largest absolute Gasteiger partial charge is 1.00 e. The summed E-state index contributed by atoms with van der Waals surface area (Å²) in [4.78, 5) is 3.65. The van der Waals surface area contributed by atoms with Crippen LogP contribution in [-0.4, -0.2) is 18.9 Å². The number of fused-ring (bicyclic) bond motifs is 4. The molecule has 0 fully saturated rings. The van der Waals surface area contributed by atoms with E-state index in [9.17, 15) is 0 Å². The molecular weight excluding hydrogens is 480 g/mol. The van der Waals surface area contributed by atoms with Gasteiger partial charge in [-0.2, -0.15) is 4.57 Å². The Bertz CT molecular complexity index is 1480. The van der Waals surface area contributed by atoms with Crippen LogP contribution in [0.3, 0.4) is 0 Å². The molecule has 0 saturated carbocycles. The third kappa shape index (κ3) is 3.70. The molecule has 3 heterocycles. The van der Waals surface area contributed by atoms with Gasteiger partial charge in [0.25, 0.3) is 0 Å². The van der Waals surface area contributed by atoms with Crippen molar-refractivity contribution in [1.29, 1.82) is 0 Å². The van der Waals surface area contributed by atoms with Crippen LogP contribution in [0.4, 0.5) is 0 Å². The van der Waals surface area contributed by atoms with E-state index in [2.05, 4.69) is 77.3 Å². The third-order valence-electron chi connectivity index (χ3n) is 6.11. The molecule has 0 spiro atoms. The van der Waals surface area contributed by atoms with Crippen molar-refractivity contribution in [2.24, 2.45) is 0 Å². The number of aromatic nitrogens is 2. The monoisotopic (exact) mass is 502 g/mol. The van der Waals surface area contributed by atoms with Gasteiger partial charge in [0.1, 0.15) is 11.3 Å². The SMILES string of the molecule is COc1ccc2[nH]c3c(-c4ccc5c(c4)OCO5)[n+](Cc4ccc(C)cc4)ccc3c2c1.[Br-]. The number of aryl methyl sites for hydroxylation is 1. The van der Waals surface area contributed by atoms with Crippen LogP contribution < -0.4 is 35.8 Å². The summed E-state index contributed by atoms with van der Waals surface area (Å²) in [5, 5.41) is 2.30. The Balaban J connectivity index is 0.00000228. The zero-order valence-electron chi connectivity index (χ0n) is 18.4. The summed E-state index contributed by atoms with van der Waals surface area (Å²) in [6.45, 7) is 3.14. The number of rotatable bonds is 4. The fourth-order valence-electron chi connectivity index (χ4n) is 4.44. The zero-order chi connectivity index (χ0) is 21.7. The number of benzene rings is 3. The number of H-pyrrole nitrogens is 1. The molecule has 5 aromatic rings. The minimum atomic E-state index is 0. The van der Waals surface area contributed by atoms with Gasteiger partial charge in [-0.15, -0.1) is 0 Å². The second kappa shape index (κ2) is 8.45. The van der Waals surface area contributed by atoms with Crippen molar-refractivity contribution < 1.29 is 35.8 Å². The first kappa shape index (κ1) is 21.3. The predicted molar refractivity (Wildman–Crippen MR) is 124 cm³/mol. The van der Waals surface area contributed by atoms with E-state index in [1.54, 1.807) is 7.11 Å². The maximum atomic E-state index is 5.67. The van der Waals surface area contributed by atoms with Gasteiger partial charge in [-0.05, 0) is 43.3 Å². The van der Waals surface area contributed by atoms with E-state index < -0.39 is 0 Å². The van der Waals surface area contributed by atoms with Gasteiger partial charge in [0.05, 0.1) is 12.7 Å². The van der Waals surface area contributed by atoms with Gasteiger partial charge in [-0.25, -0.2) is 0 Å². The number of hydrogen-bond acceptors (Lipinski definition) is 3. The summed E-state index contributed by atoms with van der Waals surface area (Å²) in [7, 11) is 1.70. The van der Waals surface area contributed by atoms with Crippen molar-refractivity contribution in [3.63, 3.8) is 0 Å². The molecule has 33 heavy (non-hydrogen) atoms. The van der Waals surface area contributed by atoms with Crippen molar-refractivity contribution in [2.75, 3.05) is 13.9 Å². The van der Waals surface area contributed by atoms with E-state index >= 15 is 0 Å². The molecule has 5 nitrogen and oxygen atoms in total. The summed E-state index contributed by atoms with van der Waals surface area (Å²) in [6.07, 6.45) is 2.16.